The first-order valence-corrected chi connectivity index (χ1v) is 4.55. The quantitative estimate of drug-likeness (QED) is 0.311. The number of para-hydroxylation sites is 2. The van der Waals surface area contributed by atoms with Crippen LogP contribution in [-0.4, -0.2) is 17.8 Å². The Morgan fingerprint density at radius 3 is 2.80 bits per heavy atom. The number of aldehydes is 1. The molecule has 0 N–H and O–H groups in total. The van der Waals surface area contributed by atoms with Crippen molar-refractivity contribution in [1.82, 2.24) is 0 Å². The maximum absolute atomic E-state index is 10.6. The van der Waals surface area contributed by atoms with Crippen molar-refractivity contribution < 1.29 is 14.5 Å². The van der Waals surface area contributed by atoms with Crippen LogP contribution < -0.4 is 4.74 Å². The van der Waals surface area contributed by atoms with Crippen LogP contribution in [0, 0.1) is 10.1 Å². The highest BCUT2D eigenvalue weighted by Crippen LogP contribution is 2.25. The van der Waals surface area contributed by atoms with Gasteiger partial charge in [0.25, 0.3) is 0 Å². The molecular weight excluding hydrogens is 198 g/mol. The molecule has 0 unspecified atom stereocenters. The van der Waals surface area contributed by atoms with Gasteiger partial charge in [0.2, 0.25) is 0 Å². The zero-order chi connectivity index (χ0) is 11.1. The molecule has 80 valence electrons. The van der Waals surface area contributed by atoms with Gasteiger partial charge in [0.05, 0.1) is 11.5 Å². The molecule has 0 fully saturated rings. The number of rotatable bonds is 6. The minimum atomic E-state index is -0.491. The number of nitrogens with zero attached hydrogens (tertiary/aromatic N) is 1. The Balaban J connectivity index is 2.59. The van der Waals surface area contributed by atoms with Gasteiger partial charge in [-0.3, -0.25) is 10.1 Å². The Kier molecular flexibility index (Phi) is 4.28. The molecule has 0 bridgehead atoms. The minimum absolute atomic E-state index is 0.0522. The van der Waals surface area contributed by atoms with Crippen LogP contribution in [0.4, 0.5) is 5.69 Å². The zero-order valence-electron chi connectivity index (χ0n) is 8.09. The number of unbranched alkanes of at least 4 members (excludes halogenated alkanes) is 1. The first-order valence-electron chi connectivity index (χ1n) is 4.55. The van der Waals surface area contributed by atoms with Crippen molar-refractivity contribution in [3.63, 3.8) is 0 Å². The maximum atomic E-state index is 10.6. The number of carbonyl (C=O) groups is 1. The largest absolute Gasteiger partial charge is 0.487 e. The fourth-order valence-electron chi connectivity index (χ4n) is 1.08. The fraction of sp³-hybridized carbons (Fsp3) is 0.300. The van der Waals surface area contributed by atoms with Crippen molar-refractivity contribution in [3.05, 3.63) is 34.4 Å². The van der Waals surface area contributed by atoms with Crippen LogP contribution in [0.25, 0.3) is 0 Å². The zero-order valence-corrected chi connectivity index (χ0v) is 8.09. The third-order valence-corrected chi connectivity index (χ3v) is 1.79. The molecule has 1 aromatic carbocycles. The van der Waals surface area contributed by atoms with E-state index in [1.807, 2.05) is 0 Å². The van der Waals surface area contributed by atoms with Crippen LogP contribution in [0.2, 0.25) is 0 Å². The summed E-state index contributed by atoms with van der Waals surface area (Å²) in [6, 6.07) is 6.17. The molecular formula is C10H11NO4. The van der Waals surface area contributed by atoms with E-state index in [1.54, 1.807) is 18.2 Å². The lowest BCUT2D eigenvalue weighted by molar-refractivity contribution is -0.385. The van der Waals surface area contributed by atoms with Gasteiger partial charge in [-0.15, -0.1) is 0 Å². The Labute approximate surface area is 86.8 Å². The molecule has 1 aromatic rings. The third-order valence-electron chi connectivity index (χ3n) is 1.79. The molecule has 1 rings (SSSR count). The highest BCUT2D eigenvalue weighted by molar-refractivity contribution is 5.49. The Hall–Kier alpha value is -1.91. The van der Waals surface area contributed by atoms with Crippen LogP contribution in [0.5, 0.6) is 5.75 Å². The summed E-state index contributed by atoms with van der Waals surface area (Å²) in [5, 5.41) is 10.6. The SMILES string of the molecule is O=CCCCOc1ccccc1[N+](=O)[O-]. The second-order valence-electron chi connectivity index (χ2n) is 2.88. The van der Waals surface area contributed by atoms with Gasteiger partial charge in [0, 0.05) is 12.5 Å². The van der Waals surface area contributed by atoms with Gasteiger partial charge >= 0.3 is 5.69 Å². The number of ether oxygens (including phenoxy) is 1. The van der Waals surface area contributed by atoms with Crippen molar-refractivity contribution in [1.29, 1.82) is 0 Å². The van der Waals surface area contributed by atoms with Crippen molar-refractivity contribution in [2.24, 2.45) is 0 Å². The first kappa shape index (κ1) is 11.2. The molecule has 15 heavy (non-hydrogen) atoms. The number of carbonyl (C=O) groups excluding carboxylic acids is 1. The number of hydrogen-bond acceptors (Lipinski definition) is 4. The van der Waals surface area contributed by atoms with Gasteiger partial charge in [-0.05, 0) is 12.5 Å². The molecule has 0 amide bonds. The Morgan fingerprint density at radius 1 is 1.40 bits per heavy atom. The van der Waals surface area contributed by atoms with Gasteiger partial charge in [-0.25, -0.2) is 0 Å². The second kappa shape index (κ2) is 5.74. The normalized spacial score (nSPS) is 9.60. The molecule has 0 aromatic heterocycles. The van der Waals surface area contributed by atoms with E-state index >= 15 is 0 Å². The van der Waals surface area contributed by atoms with Crippen molar-refractivity contribution >= 4 is 12.0 Å². The predicted molar refractivity (Wildman–Crippen MR) is 53.9 cm³/mol. The lowest BCUT2D eigenvalue weighted by Gasteiger charge is -2.04. The second-order valence-corrected chi connectivity index (χ2v) is 2.88. The summed E-state index contributed by atoms with van der Waals surface area (Å²) < 4.78 is 5.20. The molecule has 0 spiro atoms. The molecule has 0 aliphatic heterocycles. The summed E-state index contributed by atoms with van der Waals surface area (Å²) in [7, 11) is 0. The fourth-order valence-corrected chi connectivity index (χ4v) is 1.08. The Bertz CT molecular complexity index is 351. The molecule has 0 radical (unpaired) electrons. The summed E-state index contributed by atoms with van der Waals surface area (Å²) in [4.78, 5) is 20.1. The first-order chi connectivity index (χ1) is 7.25. The summed E-state index contributed by atoms with van der Waals surface area (Å²) in [5.41, 5.74) is -0.0522. The van der Waals surface area contributed by atoms with Crippen LogP contribution in [0.1, 0.15) is 12.8 Å². The predicted octanol–water partition coefficient (Wildman–Crippen LogP) is 1.95. The number of benzene rings is 1. The topological polar surface area (TPSA) is 69.4 Å². The van der Waals surface area contributed by atoms with E-state index in [2.05, 4.69) is 0 Å². The van der Waals surface area contributed by atoms with Gasteiger partial charge < -0.3 is 9.53 Å². The summed E-state index contributed by atoms with van der Waals surface area (Å²) >= 11 is 0. The van der Waals surface area contributed by atoms with Gasteiger partial charge in [0.15, 0.2) is 5.75 Å². The third kappa shape index (κ3) is 3.38. The van der Waals surface area contributed by atoms with E-state index in [1.165, 1.54) is 6.07 Å². The molecule has 0 saturated carbocycles. The van der Waals surface area contributed by atoms with Crippen LogP contribution in [-0.2, 0) is 4.79 Å². The molecule has 0 heterocycles. The van der Waals surface area contributed by atoms with E-state index in [0.717, 1.165) is 6.29 Å². The minimum Gasteiger partial charge on any atom is -0.487 e. The van der Waals surface area contributed by atoms with Crippen LogP contribution in [0.15, 0.2) is 24.3 Å². The standard InChI is InChI=1S/C10H11NO4/c12-7-3-4-8-15-10-6-2-1-5-9(10)11(13)14/h1-2,5-7H,3-4,8H2. The molecule has 5 heteroatoms. The maximum Gasteiger partial charge on any atom is 0.310 e. The van der Waals surface area contributed by atoms with E-state index in [4.69, 9.17) is 4.74 Å². The number of nitro benzene ring substituents is 1. The Morgan fingerprint density at radius 2 is 2.13 bits per heavy atom. The van der Waals surface area contributed by atoms with Gasteiger partial charge in [0.1, 0.15) is 6.29 Å². The van der Waals surface area contributed by atoms with Crippen LogP contribution in [0.3, 0.4) is 0 Å². The van der Waals surface area contributed by atoms with Crippen LogP contribution >= 0.6 is 0 Å². The highest BCUT2D eigenvalue weighted by Gasteiger charge is 2.12. The van der Waals surface area contributed by atoms with Crippen molar-refractivity contribution in [2.45, 2.75) is 12.8 Å². The summed E-state index contributed by atoms with van der Waals surface area (Å²) in [6.45, 7) is 0.309. The summed E-state index contributed by atoms with van der Waals surface area (Å²) in [6.07, 6.45) is 1.76. The average Bonchev–Trinajstić information content (AvgIpc) is 2.25. The summed E-state index contributed by atoms with van der Waals surface area (Å²) in [5.74, 6) is 0.244. The van der Waals surface area contributed by atoms with E-state index in [0.29, 0.717) is 19.4 Å². The number of nitro groups is 1. The molecule has 0 atom stereocenters. The van der Waals surface area contributed by atoms with Crippen molar-refractivity contribution in [3.8, 4) is 5.75 Å². The van der Waals surface area contributed by atoms with E-state index in [-0.39, 0.29) is 11.4 Å². The van der Waals surface area contributed by atoms with Gasteiger partial charge in [-0.2, -0.15) is 0 Å². The smallest absolute Gasteiger partial charge is 0.310 e. The lowest BCUT2D eigenvalue weighted by Crippen LogP contribution is -2.00. The average molecular weight is 209 g/mol. The van der Waals surface area contributed by atoms with E-state index in [9.17, 15) is 14.9 Å². The van der Waals surface area contributed by atoms with Crippen molar-refractivity contribution in [2.75, 3.05) is 6.61 Å². The monoisotopic (exact) mass is 209 g/mol. The molecule has 5 nitrogen and oxygen atoms in total. The highest BCUT2D eigenvalue weighted by atomic mass is 16.6. The molecule has 0 aliphatic rings. The molecule has 0 aliphatic carbocycles. The molecule has 0 saturated heterocycles. The van der Waals surface area contributed by atoms with Gasteiger partial charge in [-0.1, -0.05) is 12.1 Å². The lowest BCUT2D eigenvalue weighted by atomic mass is 10.3. The van der Waals surface area contributed by atoms with E-state index < -0.39 is 4.92 Å². The number of hydrogen-bond donors (Lipinski definition) is 0.